The summed E-state index contributed by atoms with van der Waals surface area (Å²) in [5, 5.41) is 18.1. The highest BCUT2D eigenvalue weighted by Gasteiger charge is 2.25. The number of carbonyl (C=O) groups excluding carboxylic acids is 2. The lowest BCUT2D eigenvalue weighted by molar-refractivity contribution is 0.0589. The van der Waals surface area contributed by atoms with E-state index in [1.165, 1.54) is 24.6 Å². The average Bonchev–Trinajstić information content (AvgIpc) is 3.29. The van der Waals surface area contributed by atoms with E-state index in [1.807, 2.05) is 13.8 Å². The molecule has 1 aromatic heterocycles. The number of methoxy groups -OCH3 is 2. The molecule has 0 aliphatic carbocycles. The molecule has 0 spiro atoms. The Morgan fingerprint density at radius 1 is 1.00 bits per heavy atom. The molecule has 0 unspecified atom stereocenters. The van der Waals surface area contributed by atoms with Crippen molar-refractivity contribution in [2.75, 3.05) is 30.2 Å². The van der Waals surface area contributed by atoms with E-state index < -0.39 is 41.0 Å². The molecule has 0 aliphatic rings. The lowest BCUT2D eigenvalue weighted by Gasteiger charge is -2.18. The third-order valence-corrected chi connectivity index (χ3v) is 6.43. The number of halogens is 3. The number of aromatic carboxylic acids is 1. The second kappa shape index (κ2) is 11.9. The first-order valence-corrected chi connectivity index (χ1v) is 12.0. The maximum Gasteiger partial charge on any atom is 0.349 e. The molecule has 0 radical (unpaired) electrons. The van der Waals surface area contributed by atoms with Crippen LogP contribution in [-0.2, 0) is 11.3 Å². The molecule has 0 atom stereocenters. The van der Waals surface area contributed by atoms with Gasteiger partial charge < -0.3 is 30.5 Å². The van der Waals surface area contributed by atoms with Gasteiger partial charge in [0.05, 0.1) is 31.3 Å². The van der Waals surface area contributed by atoms with Gasteiger partial charge in [-0.25, -0.2) is 27.6 Å². The van der Waals surface area contributed by atoms with Crippen molar-refractivity contribution < 1.29 is 42.1 Å². The summed E-state index contributed by atoms with van der Waals surface area (Å²) >= 11 is 0.750. The van der Waals surface area contributed by atoms with Crippen LogP contribution in [0.4, 0.5) is 35.0 Å². The van der Waals surface area contributed by atoms with Crippen LogP contribution in [0.5, 0.6) is 5.75 Å². The minimum absolute atomic E-state index is 0.0325. The van der Waals surface area contributed by atoms with E-state index in [2.05, 4.69) is 20.7 Å². The molecular weight excluding hydrogens is 527 g/mol. The second-order valence-corrected chi connectivity index (χ2v) is 9.08. The molecule has 0 saturated carbocycles. The molecule has 38 heavy (non-hydrogen) atoms. The largest absolute Gasteiger partial charge is 0.494 e. The van der Waals surface area contributed by atoms with Gasteiger partial charge in [-0.05, 0) is 23.6 Å². The number of rotatable bonds is 9. The van der Waals surface area contributed by atoms with Crippen LogP contribution >= 0.6 is 11.3 Å². The maximum atomic E-state index is 14.7. The standard InChI is InChI=1S/C25H24F3N3O6S/c1-11(2)12-5-6-14(26)21(28)13(12)9-29-17-8-16(15(27)7-19(17)36-3)30-25(35)31-18-10-38-22(24(34)37-4)20(18)23(32)33/h5-8,10-11,29H,9H2,1-4H3,(H,32,33)(H2,30,31,35). The number of urea groups is 1. The number of anilines is 3. The van der Waals surface area contributed by atoms with Crippen LogP contribution in [0.25, 0.3) is 0 Å². The topological polar surface area (TPSA) is 126 Å². The Hall–Kier alpha value is -4.26. The zero-order valence-electron chi connectivity index (χ0n) is 20.7. The van der Waals surface area contributed by atoms with Gasteiger partial charge in [0.25, 0.3) is 0 Å². The summed E-state index contributed by atoms with van der Waals surface area (Å²) in [7, 11) is 2.36. The van der Waals surface area contributed by atoms with E-state index in [9.17, 15) is 32.7 Å². The van der Waals surface area contributed by atoms with Crippen molar-refractivity contribution in [2.24, 2.45) is 0 Å². The highest BCUT2D eigenvalue weighted by molar-refractivity contribution is 7.13. The molecule has 0 saturated heterocycles. The van der Waals surface area contributed by atoms with Gasteiger partial charge in [0.15, 0.2) is 17.5 Å². The molecule has 202 valence electrons. The molecule has 3 rings (SSSR count). The number of esters is 1. The van der Waals surface area contributed by atoms with E-state index in [-0.39, 0.29) is 45.7 Å². The fraction of sp³-hybridized carbons (Fsp3) is 0.240. The summed E-state index contributed by atoms with van der Waals surface area (Å²) in [6.07, 6.45) is 0. The summed E-state index contributed by atoms with van der Waals surface area (Å²) in [6.45, 7) is 3.48. The summed E-state index contributed by atoms with van der Waals surface area (Å²) in [5.74, 6) is -5.36. The molecule has 0 aliphatic heterocycles. The number of amides is 2. The molecule has 2 aromatic carbocycles. The Balaban J connectivity index is 1.86. The number of ether oxygens (including phenoxy) is 2. The number of benzene rings is 2. The zero-order chi connectivity index (χ0) is 28.1. The molecule has 2 amide bonds. The number of carboxylic acids is 1. The number of nitrogens with one attached hydrogen (secondary N) is 3. The van der Waals surface area contributed by atoms with Crippen LogP contribution in [-0.4, -0.2) is 37.3 Å². The van der Waals surface area contributed by atoms with Gasteiger partial charge in [-0.15, -0.1) is 11.3 Å². The van der Waals surface area contributed by atoms with Crippen LogP contribution in [0, 0.1) is 17.5 Å². The van der Waals surface area contributed by atoms with Crippen molar-refractivity contribution in [2.45, 2.75) is 26.3 Å². The van der Waals surface area contributed by atoms with Crippen molar-refractivity contribution >= 4 is 46.4 Å². The molecule has 0 bridgehead atoms. The van der Waals surface area contributed by atoms with Crippen molar-refractivity contribution in [1.29, 1.82) is 0 Å². The Bertz CT molecular complexity index is 1390. The van der Waals surface area contributed by atoms with Crippen molar-refractivity contribution in [1.82, 2.24) is 0 Å². The van der Waals surface area contributed by atoms with E-state index >= 15 is 0 Å². The number of hydrogen-bond donors (Lipinski definition) is 4. The van der Waals surface area contributed by atoms with E-state index in [0.29, 0.717) is 5.56 Å². The predicted molar refractivity (Wildman–Crippen MR) is 136 cm³/mol. The summed E-state index contributed by atoms with van der Waals surface area (Å²) in [4.78, 5) is 35.8. The Morgan fingerprint density at radius 2 is 1.68 bits per heavy atom. The monoisotopic (exact) mass is 551 g/mol. The lowest BCUT2D eigenvalue weighted by atomic mass is 9.96. The molecule has 0 fully saturated rings. The minimum Gasteiger partial charge on any atom is -0.494 e. The van der Waals surface area contributed by atoms with Gasteiger partial charge in [-0.2, -0.15) is 0 Å². The summed E-state index contributed by atoms with van der Waals surface area (Å²) in [6, 6.07) is 3.69. The highest BCUT2D eigenvalue weighted by atomic mass is 32.1. The molecule has 13 heteroatoms. The van der Waals surface area contributed by atoms with Crippen LogP contribution in [0.15, 0.2) is 29.6 Å². The second-order valence-electron chi connectivity index (χ2n) is 8.20. The van der Waals surface area contributed by atoms with Crippen molar-refractivity contribution in [3.8, 4) is 5.75 Å². The molecule has 1 heterocycles. The maximum absolute atomic E-state index is 14.7. The molecule has 9 nitrogen and oxygen atoms in total. The van der Waals surface area contributed by atoms with Crippen LogP contribution in [0.1, 0.15) is 50.9 Å². The first kappa shape index (κ1) is 28.3. The highest BCUT2D eigenvalue weighted by Crippen LogP contribution is 2.33. The van der Waals surface area contributed by atoms with Crippen LogP contribution in [0.2, 0.25) is 0 Å². The number of carboxylic acid groups (broad SMARTS) is 1. The van der Waals surface area contributed by atoms with E-state index in [1.54, 1.807) is 0 Å². The smallest absolute Gasteiger partial charge is 0.349 e. The molecule has 3 aromatic rings. The third kappa shape index (κ3) is 5.99. The molecular formula is C25H24F3N3O6S. The Morgan fingerprint density at radius 3 is 2.29 bits per heavy atom. The van der Waals surface area contributed by atoms with Gasteiger partial charge in [0, 0.05) is 23.6 Å². The van der Waals surface area contributed by atoms with E-state index in [4.69, 9.17) is 4.74 Å². The number of hydrogen-bond acceptors (Lipinski definition) is 7. The van der Waals surface area contributed by atoms with Crippen molar-refractivity contribution in [3.63, 3.8) is 0 Å². The quantitative estimate of drug-likeness (QED) is 0.239. The summed E-state index contributed by atoms with van der Waals surface area (Å²) in [5.41, 5.74) is -0.180. The zero-order valence-corrected chi connectivity index (χ0v) is 21.5. The van der Waals surface area contributed by atoms with E-state index in [0.717, 1.165) is 30.6 Å². The lowest BCUT2D eigenvalue weighted by Crippen LogP contribution is -2.21. The number of thiophene rings is 1. The minimum atomic E-state index is -1.48. The van der Waals surface area contributed by atoms with Gasteiger partial charge in [0.2, 0.25) is 0 Å². The van der Waals surface area contributed by atoms with Gasteiger partial charge in [-0.3, -0.25) is 0 Å². The summed E-state index contributed by atoms with van der Waals surface area (Å²) < 4.78 is 52.9. The first-order valence-electron chi connectivity index (χ1n) is 11.1. The van der Waals surface area contributed by atoms with Crippen LogP contribution in [0.3, 0.4) is 0 Å². The third-order valence-electron chi connectivity index (χ3n) is 5.47. The Kier molecular flexibility index (Phi) is 8.84. The van der Waals surface area contributed by atoms with Gasteiger partial charge >= 0.3 is 18.0 Å². The molecule has 4 N–H and O–H groups in total. The first-order chi connectivity index (χ1) is 18.0. The normalized spacial score (nSPS) is 10.7. The van der Waals surface area contributed by atoms with Crippen LogP contribution < -0.4 is 20.7 Å². The van der Waals surface area contributed by atoms with Gasteiger partial charge in [-0.1, -0.05) is 19.9 Å². The van der Waals surface area contributed by atoms with Crippen molar-refractivity contribution in [3.05, 3.63) is 68.7 Å². The average molecular weight is 552 g/mol. The fourth-order valence-corrected chi connectivity index (χ4v) is 4.56. The number of carbonyl (C=O) groups is 3. The predicted octanol–water partition coefficient (Wildman–Crippen LogP) is 6.04. The fourth-order valence-electron chi connectivity index (χ4n) is 3.65. The van der Waals surface area contributed by atoms with Gasteiger partial charge in [0.1, 0.15) is 16.2 Å². The SMILES string of the molecule is COC(=O)c1scc(NC(=O)Nc2cc(NCc3c(C(C)C)ccc(F)c3F)c(OC)cc2F)c1C(=O)O. The Labute approximate surface area is 219 Å².